The van der Waals surface area contributed by atoms with Crippen molar-refractivity contribution in [2.75, 3.05) is 26.4 Å². The summed E-state index contributed by atoms with van der Waals surface area (Å²) in [5.74, 6) is 0.888. The molecule has 3 nitrogen and oxygen atoms in total. The molecule has 1 aromatic carbocycles. The van der Waals surface area contributed by atoms with E-state index in [2.05, 4.69) is 23.5 Å². The number of nitrogens with one attached hydrogen (secondary N) is 1. The van der Waals surface area contributed by atoms with Gasteiger partial charge in [-0.3, -0.25) is 4.39 Å². The molecule has 134 valence electrons. The number of benzene rings is 1. The smallest absolute Gasteiger partial charge is 0.119 e. The largest absolute Gasteiger partial charge is 0.494 e. The lowest BCUT2D eigenvalue weighted by Gasteiger charge is -2.23. The van der Waals surface area contributed by atoms with E-state index >= 15 is 0 Å². The van der Waals surface area contributed by atoms with Gasteiger partial charge in [-0.15, -0.1) is 0 Å². The predicted octanol–water partition coefficient (Wildman–Crippen LogP) is 4.01. The van der Waals surface area contributed by atoms with Crippen LogP contribution in [0.25, 0.3) is 0 Å². The number of halogens is 1. The van der Waals surface area contributed by atoms with Crippen LogP contribution in [0.3, 0.4) is 0 Å². The maximum Gasteiger partial charge on any atom is 0.119 e. The summed E-state index contributed by atoms with van der Waals surface area (Å²) in [6.07, 6.45) is 7.62. The summed E-state index contributed by atoms with van der Waals surface area (Å²) in [6.45, 7) is 3.52. The van der Waals surface area contributed by atoms with Gasteiger partial charge in [0.2, 0.25) is 0 Å². The fourth-order valence-corrected chi connectivity index (χ4v) is 3.10. The molecule has 0 aliphatic carbocycles. The maximum atomic E-state index is 12.0. The molecule has 1 aromatic rings. The Hall–Kier alpha value is -1.55. The minimum absolute atomic E-state index is 0.126. The van der Waals surface area contributed by atoms with Crippen molar-refractivity contribution in [1.82, 2.24) is 5.32 Å². The maximum absolute atomic E-state index is 12.0. The molecule has 2 N–H and O–H groups in total. The van der Waals surface area contributed by atoms with E-state index in [1.807, 2.05) is 19.1 Å². The fourth-order valence-electron chi connectivity index (χ4n) is 3.10. The van der Waals surface area contributed by atoms with E-state index in [-0.39, 0.29) is 18.7 Å². The molecule has 1 atom stereocenters. The Morgan fingerprint density at radius 2 is 1.92 bits per heavy atom. The first-order valence-corrected chi connectivity index (χ1v) is 8.99. The van der Waals surface area contributed by atoms with Gasteiger partial charge in [0.1, 0.15) is 5.75 Å². The van der Waals surface area contributed by atoms with Gasteiger partial charge in [-0.1, -0.05) is 24.6 Å². The molecule has 1 unspecified atom stereocenters. The molecule has 4 heteroatoms. The lowest BCUT2D eigenvalue weighted by Crippen LogP contribution is -2.29. The van der Waals surface area contributed by atoms with Gasteiger partial charge in [0, 0.05) is 17.7 Å². The highest BCUT2D eigenvalue weighted by molar-refractivity contribution is 5.28. The molecular formula is C20H30FNO2. The number of unbranched alkanes of at least 4 members (excludes halogenated alkanes) is 3. The number of aliphatic hydroxyl groups is 1. The summed E-state index contributed by atoms with van der Waals surface area (Å²) in [6, 6.07) is 8.22. The molecule has 2 rings (SSSR count). The summed E-state index contributed by atoms with van der Waals surface area (Å²) in [5, 5.41) is 13.0. The molecule has 1 aliphatic rings. The van der Waals surface area contributed by atoms with Gasteiger partial charge in [-0.25, -0.2) is 0 Å². The van der Waals surface area contributed by atoms with Crippen LogP contribution in [0, 0.1) is 5.41 Å². The highest BCUT2D eigenvalue weighted by Crippen LogP contribution is 2.30. The van der Waals surface area contributed by atoms with Gasteiger partial charge < -0.3 is 15.2 Å². The first kappa shape index (κ1) is 18.8. The number of hydrogen-bond donors (Lipinski definition) is 2. The van der Waals surface area contributed by atoms with Crippen LogP contribution in [-0.4, -0.2) is 31.5 Å². The Kier molecular flexibility index (Phi) is 7.57. The second kappa shape index (κ2) is 9.67. The van der Waals surface area contributed by atoms with Crippen molar-refractivity contribution in [1.29, 1.82) is 0 Å². The van der Waals surface area contributed by atoms with E-state index in [1.54, 1.807) is 0 Å². The molecule has 0 saturated heterocycles. The molecule has 0 aromatic heterocycles. The van der Waals surface area contributed by atoms with Gasteiger partial charge in [-0.05, 0) is 56.7 Å². The Morgan fingerprint density at radius 3 is 2.54 bits per heavy atom. The summed E-state index contributed by atoms with van der Waals surface area (Å²) >= 11 is 0. The van der Waals surface area contributed by atoms with Gasteiger partial charge >= 0.3 is 0 Å². The molecule has 0 radical (unpaired) electrons. The van der Waals surface area contributed by atoms with E-state index in [4.69, 9.17) is 4.74 Å². The minimum atomic E-state index is -0.217. The second-order valence-electron chi connectivity index (χ2n) is 6.80. The molecule has 24 heavy (non-hydrogen) atoms. The second-order valence-corrected chi connectivity index (χ2v) is 6.80. The van der Waals surface area contributed by atoms with Crippen molar-refractivity contribution in [3.8, 4) is 5.75 Å². The van der Waals surface area contributed by atoms with Crippen LogP contribution >= 0.6 is 0 Å². The zero-order valence-corrected chi connectivity index (χ0v) is 14.7. The fraction of sp³-hybridized carbons (Fsp3) is 0.600. The minimum Gasteiger partial charge on any atom is -0.494 e. The van der Waals surface area contributed by atoms with Crippen molar-refractivity contribution in [3.05, 3.63) is 41.6 Å². The zero-order valence-electron chi connectivity index (χ0n) is 14.7. The van der Waals surface area contributed by atoms with E-state index in [9.17, 15) is 9.50 Å². The summed E-state index contributed by atoms with van der Waals surface area (Å²) in [4.78, 5) is 0. The molecular weight excluding hydrogens is 305 g/mol. The third kappa shape index (κ3) is 5.82. The first-order valence-electron chi connectivity index (χ1n) is 8.99. The number of ether oxygens (including phenoxy) is 1. The zero-order chi connectivity index (χ0) is 17.3. The van der Waals surface area contributed by atoms with Crippen LogP contribution in [-0.2, 0) is 6.42 Å². The van der Waals surface area contributed by atoms with Crippen LogP contribution < -0.4 is 10.1 Å². The third-order valence-electron chi connectivity index (χ3n) is 4.69. The van der Waals surface area contributed by atoms with Crippen molar-refractivity contribution >= 4 is 0 Å². The normalized spacial score (nSPS) is 19.9. The summed E-state index contributed by atoms with van der Waals surface area (Å²) < 4.78 is 17.7. The molecule has 0 spiro atoms. The molecule has 0 amide bonds. The van der Waals surface area contributed by atoms with Gasteiger partial charge in [0.05, 0.1) is 19.9 Å². The van der Waals surface area contributed by atoms with Gasteiger partial charge in [0.15, 0.2) is 0 Å². The lowest BCUT2D eigenvalue weighted by molar-refractivity contribution is 0.168. The number of hydrogen-bond acceptors (Lipinski definition) is 3. The predicted molar refractivity (Wildman–Crippen MR) is 96.0 cm³/mol. The quantitative estimate of drug-likeness (QED) is 0.600. The Balaban J connectivity index is 1.72. The lowest BCUT2D eigenvalue weighted by atomic mass is 9.84. The highest BCUT2D eigenvalue weighted by Gasteiger charge is 2.30. The number of allylic oxidation sites excluding steroid dienone is 1. The first-order chi connectivity index (χ1) is 11.7. The van der Waals surface area contributed by atoms with E-state index in [0.717, 1.165) is 50.1 Å². The van der Waals surface area contributed by atoms with Crippen molar-refractivity contribution < 1.29 is 14.2 Å². The SMILES string of the molecule is CC1=CC(CO)(CCc2ccc(OCCCCCCF)cc2)CN1. The van der Waals surface area contributed by atoms with E-state index in [0.29, 0.717) is 13.0 Å². The molecule has 1 heterocycles. The molecule has 0 fully saturated rings. The van der Waals surface area contributed by atoms with Crippen LogP contribution in [0.2, 0.25) is 0 Å². The topological polar surface area (TPSA) is 41.5 Å². The molecule has 0 bridgehead atoms. The van der Waals surface area contributed by atoms with Crippen molar-refractivity contribution in [3.63, 3.8) is 0 Å². The van der Waals surface area contributed by atoms with E-state index < -0.39 is 0 Å². The summed E-state index contributed by atoms with van der Waals surface area (Å²) in [5.41, 5.74) is 2.29. The Bertz CT molecular complexity index is 515. The number of alkyl halides is 1. The van der Waals surface area contributed by atoms with Crippen LogP contribution in [0.15, 0.2) is 36.0 Å². The van der Waals surface area contributed by atoms with Gasteiger partial charge in [-0.2, -0.15) is 0 Å². The standard InChI is InChI=1S/C20H30FNO2/c1-17-14-20(16-23,15-22-17)11-10-18-6-8-19(9-7-18)24-13-5-3-2-4-12-21/h6-9,14,22-23H,2-5,10-13,15-16H2,1H3. The molecule has 0 saturated carbocycles. The average molecular weight is 335 g/mol. The van der Waals surface area contributed by atoms with Crippen LogP contribution in [0.4, 0.5) is 4.39 Å². The average Bonchev–Trinajstić information content (AvgIpc) is 2.99. The highest BCUT2D eigenvalue weighted by atomic mass is 19.1. The number of aliphatic hydroxyl groups excluding tert-OH is 1. The van der Waals surface area contributed by atoms with Crippen molar-refractivity contribution in [2.24, 2.45) is 5.41 Å². The third-order valence-corrected chi connectivity index (χ3v) is 4.69. The van der Waals surface area contributed by atoms with E-state index in [1.165, 1.54) is 5.56 Å². The van der Waals surface area contributed by atoms with Crippen LogP contribution in [0.5, 0.6) is 5.75 Å². The molecule has 1 aliphatic heterocycles. The number of aryl methyl sites for hydroxylation is 1. The number of rotatable bonds is 11. The van der Waals surface area contributed by atoms with Crippen molar-refractivity contribution in [2.45, 2.75) is 45.4 Å². The Labute approximate surface area is 144 Å². The summed E-state index contributed by atoms with van der Waals surface area (Å²) in [7, 11) is 0. The monoisotopic (exact) mass is 335 g/mol. The van der Waals surface area contributed by atoms with Crippen LogP contribution in [0.1, 0.15) is 44.6 Å². The Morgan fingerprint density at radius 1 is 1.17 bits per heavy atom. The van der Waals surface area contributed by atoms with Gasteiger partial charge in [0.25, 0.3) is 0 Å².